The summed E-state index contributed by atoms with van der Waals surface area (Å²) in [6.45, 7) is 0. The number of hydrogen-bond acceptors (Lipinski definition) is 2. The third-order valence-electron chi connectivity index (χ3n) is 2.99. The molecule has 0 saturated carbocycles. The normalized spacial score (nSPS) is 10.4. The molecule has 0 fully saturated rings. The highest BCUT2D eigenvalue weighted by Gasteiger charge is 2.11. The molecule has 0 aliphatic carbocycles. The van der Waals surface area contributed by atoms with Crippen LogP contribution in [0.25, 0.3) is 0 Å². The van der Waals surface area contributed by atoms with Crippen LogP contribution in [0.4, 0.5) is 5.69 Å². The van der Waals surface area contributed by atoms with Gasteiger partial charge in [0.1, 0.15) is 5.75 Å². The van der Waals surface area contributed by atoms with Gasteiger partial charge in [-0.25, -0.2) is 0 Å². The van der Waals surface area contributed by atoms with E-state index >= 15 is 0 Å². The summed E-state index contributed by atoms with van der Waals surface area (Å²) < 4.78 is 0. The second-order valence-corrected chi connectivity index (χ2v) is 5.84. The molecule has 0 radical (unpaired) electrons. The van der Waals surface area contributed by atoms with Crippen molar-refractivity contribution in [1.82, 2.24) is 0 Å². The molecule has 0 atom stereocenters. The van der Waals surface area contributed by atoms with Crippen LogP contribution in [0.1, 0.15) is 22.3 Å². The lowest BCUT2D eigenvalue weighted by Crippen LogP contribution is -2.12. The molecule has 3 nitrogen and oxygen atoms in total. The van der Waals surface area contributed by atoms with Gasteiger partial charge in [0.05, 0.1) is 5.56 Å². The molecule has 5 heteroatoms. The minimum absolute atomic E-state index is 0.129. The maximum Gasteiger partial charge on any atom is 0.259 e. The van der Waals surface area contributed by atoms with E-state index in [-0.39, 0.29) is 17.2 Å². The van der Waals surface area contributed by atoms with Gasteiger partial charge in [0.25, 0.3) is 5.91 Å². The highest BCUT2D eigenvalue weighted by molar-refractivity contribution is 9.09. The number of aryl methyl sites for hydroxylation is 1. The summed E-state index contributed by atoms with van der Waals surface area (Å²) in [5, 5.41) is 13.9. The van der Waals surface area contributed by atoms with Gasteiger partial charge >= 0.3 is 0 Å². The van der Waals surface area contributed by atoms with Crippen LogP contribution in [0.5, 0.6) is 5.75 Å². The van der Waals surface area contributed by atoms with Crippen LogP contribution in [-0.4, -0.2) is 16.3 Å². The number of phenolic OH excluding ortho intramolecular Hbond substituents is 1. The molecule has 1 amide bonds. The van der Waals surface area contributed by atoms with Crippen molar-refractivity contribution in [2.75, 3.05) is 10.6 Å². The summed E-state index contributed by atoms with van der Waals surface area (Å²) in [7, 11) is 0. The Morgan fingerprint density at radius 1 is 1.24 bits per heavy atom. The number of nitrogens with one attached hydrogen (secondary N) is 1. The summed E-state index contributed by atoms with van der Waals surface area (Å²) in [4.78, 5) is 12.1. The fourth-order valence-corrected chi connectivity index (χ4v) is 2.42. The lowest BCUT2D eigenvalue weighted by Gasteiger charge is -2.08. The molecule has 0 unspecified atom stereocenters. The molecule has 0 aromatic heterocycles. The quantitative estimate of drug-likeness (QED) is 0.756. The molecule has 0 bridgehead atoms. The molecule has 0 aliphatic rings. The van der Waals surface area contributed by atoms with Crippen LogP contribution in [0.2, 0.25) is 5.02 Å². The zero-order valence-corrected chi connectivity index (χ0v) is 13.6. The van der Waals surface area contributed by atoms with Crippen molar-refractivity contribution in [3.05, 3.63) is 58.6 Å². The molecular weight excluding hydrogens is 354 g/mol. The number of phenols is 1. The fourth-order valence-electron chi connectivity index (χ4n) is 1.97. The first kappa shape index (κ1) is 15.9. The molecule has 0 saturated heterocycles. The van der Waals surface area contributed by atoms with Gasteiger partial charge in [-0.1, -0.05) is 39.7 Å². The standard InChI is InChI=1S/C16H15BrClNO2/c17-8-2-4-11-3-1-5-13(9-11)19-16(21)14-7-6-12(18)10-15(14)20/h1,3,5-7,9-10,20H,2,4,8H2,(H,19,21). The van der Waals surface area contributed by atoms with E-state index < -0.39 is 0 Å². The first-order chi connectivity index (χ1) is 10.1. The zero-order valence-electron chi connectivity index (χ0n) is 11.3. The Kier molecular flexibility index (Phi) is 5.65. The van der Waals surface area contributed by atoms with Crippen molar-refractivity contribution in [3.8, 4) is 5.75 Å². The van der Waals surface area contributed by atoms with Crippen LogP contribution in [0.3, 0.4) is 0 Å². The van der Waals surface area contributed by atoms with Gasteiger partial charge in [-0.3, -0.25) is 4.79 Å². The second-order valence-electron chi connectivity index (χ2n) is 4.61. The number of rotatable bonds is 5. The lowest BCUT2D eigenvalue weighted by atomic mass is 10.1. The van der Waals surface area contributed by atoms with Gasteiger partial charge in [0.2, 0.25) is 0 Å². The maximum absolute atomic E-state index is 12.1. The minimum atomic E-state index is -0.359. The number of anilines is 1. The first-order valence-corrected chi connectivity index (χ1v) is 8.05. The number of carbonyl (C=O) groups excluding carboxylic acids is 1. The highest BCUT2D eigenvalue weighted by atomic mass is 79.9. The largest absolute Gasteiger partial charge is 0.507 e. The molecule has 2 rings (SSSR count). The van der Waals surface area contributed by atoms with Crippen molar-refractivity contribution in [2.24, 2.45) is 0 Å². The summed E-state index contributed by atoms with van der Waals surface area (Å²) in [6.07, 6.45) is 1.98. The number of halogens is 2. The number of hydrogen-bond donors (Lipinski definition) is 2. The summed E-state index contributed by atoms with van der Waals surface area (Å²) in [5.74, 6) is -0.489. The predicted molar refractivity (Wildman–Crippen MR) is 89.6 cm³/mol. The lowest BCUT2D eigenvalue weighted by molar-refractivity contribution is 0.102. The van der Waals surface area contributed by atoms with Crippen molar-refractivity contribution in [2.45, 2.75) is 12.8 Å². The molecule has 2 N–H and O–H groups in total. The Bertz CT molecular complexity index is 646. The smallest absolute Gasteiger partial charge is 0.259 e. The zero-order chi connectivity index (χ0) is 15.2. The van der Waals surface area contributed by atoms with E-state index in [9.17, 15) is 9.90 Å². The Hall–Kier alpha value is -1.52. The van der Waals surface area contributed by atoms with Crippen molar-refractivity contribution in [3.63, 3.8) is 0 Å². The predicted octanol–water partition coefficient (Wildman–Crippen LogP) is 4.63. The molecule has 0 spiro atoms. The molecule has 0 aliphatic heterocycles. The van der Waals surface area contributed by atoms with E-state index in [0.29, 0.717) is 10.7 Å². The third-order valence-corrected chi connectivity index (χ3v) is 3.78. The average Bonchev–Trinajstić information content (AvgIpc) is 2.45. The van der Waals surface area contributed by atoms with E-state index in [0.717, 1.165) is 23.7 Å². The van der Waals surface area contributed by atoms with Gasteiger partial charge in [0, 0.05) is 16.0 Å². The summed E-state index contributed by atoms with van der Waals surface area (Å²) in [6, 6.07) is 12.1. The molecule has 0 heterocycles. The van der Waals surface area contributed by atoms with E-state index in [1.54, 1.807) is 6.07 Å². The molecule has 21 heavy (non-hydrogen) atoms. The second kappa shape index (κ2) is 7.48. The molecule has 110 valence electrons. The van der Waals surface area contributed by atoms with E-state index in [2.05, 4.69) is 21.2 Å². The number of benzene rings is 2. The van der Waals surface area contributed by atoms with Gasteiger partial charge in [-0.05, 0) is 48.7 Å². The molecule has 2 aromatic carbocycles. The average molecular weight is 369 g/mol. The number of amides is 1. The third kappa shape index (κ3) is 4.48. The Morgan fingerprint density at radius 2 is 2.05 bits per heavy atom. The molecule has 2 aromatic rings. The van der Waals surface area contributed by atoms with Crippen molar-refractivity contribution in [1.29, 1.82) is 0 Å². The van der Waals surface area contributed by atoms with Gasteiger partial charge < -0.3 is 10.4 Å². The maximum atomic E-state index is 12.1. The van der Waals surface area contributed by atoms with E-state index in [1.165, 1.54) is 12.1 Å². The van der Waals surface area contributed by atoms with Gasteiger partial charge in [-0.2, -0.15) is 0 Å². The van der Waals surface area contributed by atoms with Crippen molar-refractivity contribution < 1.29 is 9.90 Å². The van der Waals surface area contributed by atoms with E-state index in [4.69, 9.17) is 11.6 Å². The Morgan fingerprint density at radius 3 is 2.76 bits per heavy atom. The monoisotopic (exact) mass is 367 g/mol. The van der Waals surface area contributed by atoms with Gasteiger partial charge in [-0.15, -0.1) is 0 Å². The SMILES string of the molecule is O=C(Nc1cccc(CCCBr)c1)c1ccc(Cl)cc1O. The van der Waals surface area contributed by atoms with Crippen LogP contribution >= 0.6 is 27.5 Å². The number of aromatic hydroxyl groups is 1. The first-order valence-electron chi connectivity index (χ1n) is 6.55. The number of carbonyl (C=O) groups is 1. The van der Waals surface area contributed by atoms with Crippen LogP contribution in [-0.2, 0) is 6.42 Å². The summed E-state index contributed by atoms with van der Waals surface area (Å²) >= 11 is 9.16. The highest BCUT2D eigenvalue weighted by Crippen LogP contribution is 2.23. The minimum Gasteiger partial charge on any atom is -0.507 e. The van der Waals surface area contributed by atoms with E-state index in [1.807, 2.05) is 24.3 Å². The van der Waals surface area contributed by atoms with Gasteiger partial charge in [0.15, 0.2) is 0 Å². The van der Waals surface area contributed by atoms with Crippen LogP contribution in [0, 0.1) is 0 Å². The van der Waals surface area contributed by atoms with Crippen LogP contribution in [0.15, 0.2) is 42.5 Å². The van der Waals surface area contributed by atoms with Crippen LogP contribution < -0.4 is 5.32 Å². The topological polar surface area (TPSA) is 49.3 Å². The Balaban J connectivity index is 2.12. The fraction of sp³-hybridized carbons (Fsp3) is 0.188. The summed E-state index contributed by atoms with van der Waals surface area (Å²) in [5.41, 5.74) is 2.07. The number of alkyl halides is 1. The molecular formula is C16H15BrClNO2. The van der Waals surface area contributed by atoms with Crippen molar-refractivity contribution >= 4 is 39.1 Å². The Labute approximate surface area is 137 Å².